The van der Waals surface area contributed by atoms with E-state index < -0.39 is 0 Å². The van der Waals surface area contributed by atoms with Crippen molar-refractivity contribution in [3.63, 3.8) is 0 Å². The maximum Gasteiger partial charge on any atom is 0.168 e. The molecule has 5 nitrogen and oxygen atoms in total. The number of rotatable bonds is 3. The molecule has 1 saturated heterocycles. The Morgan fingerprint density at radius 2 is 2.25 bits per heavy atom. The third kappa shape index (κ3) is 2.45. The van der Waals surface area contributed by atoms with E-state index in [4.69, 9.17) is 14.3 Å². The van der Waals surface area contributed by atoms with Crippen molar-refractivity contribution in [2.45, 2.75) is 38.4 Å². The van der Waals surface area contributed by atoms with Gasteiger partial charge in [0.05, 0.1) is 25.0 Å². The van der Waals surface area contributed by atoms with E-state index in [1.165, 1.54) is 0 Å². The number of hydrogen-bond donors (Lipinski definition) is 1. The minimum Gasteiger partial charge on any atom is -0.504 e. The van der Waals surface area contributed by atoms with E-state index in [0.717, 1.165) is 30.7 Å². The average Bonchev–Trinajstić information content (AvgIpc) is 3.03. The van der Waals surface area contributed by atoms with Crippen LogP contribution in [0, 0.1) is 0 Å². The van der Waals surface area contributed by atoms with Crippen molar-refractivity contribution < 1.29 is 19.4 Å². The highest BCUT2D eigenvalue weighted by atomic mass is 16.7. The molecule has 1 atom stereocenters. The lowest BCUT2D eigenvalue weighted by molar-refractivity contribution is -0.0237. The summed E-state index contributed by atoms with van der Waals surface area (Å²) in [7, 11) is 0. The van der Waals surface area contributed by atoms with E-state index in [9.17, 15) is 5.11 Å². The molecule has 0 saturated carbocycles. The second-order valence-corrected chi connectivity index (χ2v) is 5.64. The maximum atomic E-state index is 9.82. The summed E-state index contributed by atoms with van der Waals surface area (Å²) in [5, 5.41) is 14.0. The van der Waals surface area contributed by atoms with Gasteiger partial charge in [-0.15, -0.1) is 0 Å². The number of ether oxygens (including phenoxy) is 2. The van der Waals surface area contributed by atoms with Crippen LogP contribution in [-0.2, 0) is 9.57 Å². The van der Waals surface area contributed by atoms with E-state index in [2.05, 4.69) is 5.16 Å². The molecular weight excluding hydrogens is 258 g/mol. The van der Waals surface area contributed by atoms with Crippen molar-refractivity contribution in [2.24, 2.45) is 5.16 Å². The molecule has 20 heavy (non-hydrogen) atoms. The summed E-state index contributed by atoms with van der Waals surface area (Å²) in [5.41, 5.74) is 1.51. The van der Waals surface area contributed by atoms with E-state index in [-0.39, 0.29) is 17.5 Å². The van der Waals surface area contributed by atoms with Gasteiger partial charge in [-0.1, -0.05) is 5.16 Å². The Bertz CT molecular complexity index is 533. The standard InChI is InChI=1S/C15H19NO4/c1-10(2)19-14-7-11(3-4-13(14)17)12-8-15(20-16-12)5-6-18-9-15/h3-4,7,10,17H,5-6,8-9H2,1-2H3/t15-/m0/s1. The van der Waals surface area contributed by atoms with Crippen LogP contribution < -0.4 is 4.74 Å². The molecule has 1 spiro atoms. The van der Waals surface area contributed by atoms with Crippen LogP contribution in [0.5, 0.6) is 11.5 Å². The number of phenolic OH excluding ortho intramolecular Hbond substituents is 1. The first-order valence-corrected chi connectivity index (χ1v) is 6.91. The van der Waals surface area contributed by atoms with Crippen molar-refractivity contribution >= 4 is 5.71 Å². The summed E-state index contributed by atoms with van der Waals surface area (Å²) in [6.07, 6.45) is 1.61. The predicted octanol–water partition coefficient (Wildman–Crippen LogP) is 2.46. The molecule has 2 aliphatic rings. The fourth-order valence-corrected chi connectivity index (χ4v) is 2.52. The molecule has 0 aromatic heterocycles. The molecule has 0 aliphatic carbocycles. The van der Waals surface area contributed by atoms with Crippen LogP contribution >= 0.6 is 0 Å². The number of phenols is 1. The van der Waals surface area contributed by atoms with Crippen LogP contribution in [-0.4, -0.2) is 35.7 Å². The smallest absolute Gasteiger partial charge is 0.168 e. The normalized spacial score (nSPS) is 25.1. The highest BCUT2D eigenvalue weighted by Gasteiger charge is 2.43. The molecule has 1 aromatic rings. The van der Waals surface area contributed by atoms with Crippen molar-refractivity contribution in [3.8, 4) is 11.5 Å². The first-order chi connectivity index (χ1) is 9.58. The lowest BCUT2D eigenvalue weighted by atomic mass is 9.93. The Hall–Kier alpha value is -1.75. The number of nitrogens with zero attached hydrogens (tertiary/aromatic N) is 1. The van der Waals surface area contributed by atoms with Gasteiger partial charge in [-0.25, -0.2) is 0 Å². The molecule has 5 heteroatoms. The quantitative estimate of drug-likeness (QED) is 0.922. The number of hydrogen-bond acceptors (Lipinski definition) is 5. The minimum atomic E-state index is -0.285. The Labute approximate surface area is 118 Å². The SMILES string of the molecule is CC(C)Oc1cc(C2=NO[C@@]3(CCOC3)C2)ccc1O. The number of oxime groups is 1. The molecule has 1 aromatic carbocycles. The molecule has 2 heterocycles. The summed E-state index contributed by atoms with van der Waals surface area (Å²) < 4.78 is 11.0. The fraction of sp³-hybridized carbons (Fsp3) is 0.533. The second-order valence-electron chi connectivity index (χ2n) is 5.64. The van der Waals surface area contributed by atoms with Crippen molar-refractivity contribution in [1.29, 1.82) is 0 Å². The summed E-state index contributed by atoms with van der Waals surface area (Å²) >= 11 is 0. The fourth-order valence-electron chi connectivity index (χ4n) is 2.52. The Morgan fingerprint density at radius 3 is 2.95 bits per heavy atom. The molecule has 108 valence electrons. The summed E-state index contributed by atoms with van der Waals surface area (Å²) in [6.45, 7) is 5.16. The summed E-state index contributed by atoms with van der Waals surface area (Å²) in [4.78, 5) is 5.58. The zero-order valence-electron chi connectivity index (χ0n) is 11.8. The van der Waals surface area contributed by atoms with Crippen LogP contribution in [0.2, 0.25) is 0 Å². The zero-order chi connectivity index (χ0) is 14.2. The van der Waals surface area contributed by atoms with Gasteiger partial charge < -0.3 is 19.4 Å². The third-order valence-corrected chi connectivity index (χ3v) is 3.56. The minimum absolute atomic E-state index is 0.00694. The Kier molecular flexibility index (Phi) is 3.30. The van der Waals surface area contributed by atoms with E-state index >= 15 is 0 Å². The molecule has 3 rings (SSSR count). The maximum absolute atomic E-state index is 9.82. The first kappa shape index (κ1) is 13.2. The zero-order valence-corrected chi connectivity index (χ0v) is 11.8. The molecule has 0 bridgehead atoms. The Morgan fingerprint density at radius 1 is 1.40 bits per heavy atom. The molecule has 1 N–H and O–H groups in total. The van der Waals surface area contributed by atoms with Gasteiger partial charge in [0.2, 0.25) is 0 Å². The highest BCUT2D eigenvalue weighted by molar-refractivity contribution is 6.02. The molecule has 0 amide bonds. The molecule has 2 aliphatic heterocycles. The molecule has 0 unspecified atom stereocenters. The van der Waals surface area contributed by atoms with Gasteiger partial charge in [0, 0.05) is 18.4 Å². The first-order valence-electron chi connectivity index (χ1n) is 6.91. The van der Waals surface area contributed by atoms with E-state index in [1.54, 1.807) is 6.07 Å². The number of aromatic hydroxyl groups is 1. The molecule has 0 radical (unpaired) electrons. The van der Waals surface area contributed by atoms with Crippen LogP contribution in [0.4, 0.5) is 0 Å². The van der Waals surface area contributed by atoms with E-state index in [0.29, 0.717) is 12.4 Å². The summed E-state index contributed by atoms with van der Waals surface area (Å²) in [6, 6.07) is 5.28. The van der Waals surface area contributed by atoms with Crippen LogP contribution in [0.1, 0.15) is 32.3 Å². The molecular formula is C15H19NO4. The van der Waals surface area contributed by atoms with Gasteiger partial charge in [-0.05, 0) is 32.0 Å². The second kappa shape index (κ2) is 4.98. The van der Waals surface area contributed by atoms with Gasteiger partial charge in [-0.2, -0.15) is 0 Å². The lowest BCUT2D eigenvalue weighted by Gasteiger charge is -2.17. The van der Waals surface area contributed by atoms with Crippen molar-refractivity contribution in [1.82, 2.24) is 0 Å². The van der Waals surface area contributed by atoms with Crippen LogP contribution in [0.25, 0.3) is 0 Å². The highest BCUT2D eigenvalue weighted by Crippen LogP contribution is 2.36. The van der Waals surface area contributed by atoms with Gasteiger partial charge in [0.15, 0.2) is 17.1 Å². The third-order valence-electron chi connectivity index (χ3n) is 3.56. The lowest BCUT2D eigenvalue weighted by Crippen LogP contribution is -2.29. The topological polar surface area (TPSA) is 60.3 Å². The van der Waals surface area contributed by atoms with Gasteiger partial charge >= 0.3 is 0 Å². The van der Waals surface area contributed by atoms with Crippen LogP contribution in [0.3, 0.4) is 0 Å². The monoisotopic (exact) mass is 277 g/mol. The van der Waals surface area contributed by atoms with Gasteiger partial charge in [-0.3, -0.25) is 0 Å². The van der Waals surface area contributed by atoms with Crippen molar-refractivity contribution in [2.75, 3.05) is 13.2 Å². The van der Waals surface area contributed by atoms with Gasteiger partial charge in [0.25, 0.3) is 0 Å². The largest absolute Gasteiger partial charge is 0.504 e. The predicted molar refractivity (Wildman–Crippen MR) is 74.3 cm³/mol. The average molecular weight is 277 g/mol. The molecule has 1 fully saturated rings. The van der Waals surface area contributed by atoms with Crippen LogP contribution in [0.15, 0.2) is 23.4 Å². The number of benzene rings is 1. The van der Waals surface area contributed by atoms with Gasteiger partial charge in [0.1, 0.15) is 0 Å². The van der Waals surface area contributed by atoms with E-state index in [1.807, 2.05) is 26.0 Å². The summed E-state index contributed by atoms with van der Waals surface area (Å²) in [5.74, 6) is 0.615. The van der Waals surface area contributed by atoms with Crippen molar-refractivity contribution in [3.05, 3.63) is 23.8 Å². The Balaban J connectivity index is 1.81.